The summed E-state index contributed by atoms with van der Waals surface area (Å²) in [4.78, 5) is 11.8. The van der Waals surface area contributed by atoms with E-state index in [2.05, 4.69) is 5.32 Å². The molecule has 1 aromatic rings. The number of nitrogens with one attached hydrogen (secondary N) is 1. The van der Waals surface area contributed by atoms with E-state index in [-0.39, 0.29) is 36.3 Å². The number of amides is 1. The van der Waals surface area contributed by atoms with Crippen LogP contribution in [0, 0.1) is 0 Å². The first-order valence-electron chi connectivity index (χ1n) is 5.51. The van der Waals surface area contributed by atoms with Crippen LogP contribution >= 0.6 is 0 Å². The summed E-state index contributed by atoms with van der Waals surface area (Å²) in [6.45, 7) is 0.228. The molecular weight excluding hydrogens is 238 g/mol. The van der Waals surface area contributed by atoms with Gasteiger partial charge in [-0.3, -0.25) is 4.79 Å². The molecule has 6 nitrogen and oxygen atoms in total. The molecule has 0 heterocycles. The van der Waals surface area contributed by atoms with E-state index in [9.17, 15) is 9.90 Å². The number of aliphatic hydroxyl groups excluding tert-OH is 1. The lowest BCUT2D eigenvalue weighted by Gasteiger charge is -2.16. The fraction of sp³-hybridized carbons (Fsp3) is 0.417. The molecule has 4 N–H and O–H groups in total. The highest BCUT2D eigenvalue weighted by Crippen LogP contribution is 2.24. The van der Waals surface area contributed by atoms with E-state index in [0.29, 0.717) is 6.42 Å². The lowest BCUT2D eigenvalue weighted by Crippen LogP contribution is -2.38. The number of rotatable bonds is 6. The molecule has 18 heavy (non-hydrogen) atoms. The van der Waals surface area contributed by atoms with Crippen LogP contribution in [0.1, 0.15) is 16.8 Å². The summed E-state index contributed by atoms with van der Waals surface area (Å²) in [6, 6.07) is 3.51. The van der Waals surface area contributed by atoms with Gasteiger partial charge in [-0.2, -0.15) is 0 Å². The molecule has 0 bridgehead atoms. The van der Waals surface area contributed by atoms with Crippen LogP contribution in [0.3, 0.4) is 0 Å². The van der Waals surface area contributed by atoms with Gasteiger partial charge in [-0.15, -0.1) is 0 Å². The van der Waals surface area contributed by atoms with Gasteiger partial charge in [0.05, 0.1) is 12.6 Å². The fourth-order valence-corrected chi connectivity index (χ4v) is 1.49. The van der Waals surface area contributed by atoms with E-state index < -0.39 is 5.91 Å². The Kier molecular flexibility index (Phi) is 5.41. The maximum atomic E-state index is 11.8. The number of ether oxygens (including phenoxy) is 1. The van der Waals surface area contributed by atoms with Gasteiger partial charge < -0.3 is 25.4 Å². The molecule has 0 aliphatic heterocycles. The molecule has 0 aliphatic carbocycles. The number of carbonyl (C=O) groups is 1. The maximum absolute atomic E-state index is 11.8. The van der Waals surface area contributed by atoms with Crippen LogP contribution in [0.2, 0.25) is 0 Å². The molecular formula is C12H17NO5. The summed E-state index contributed by atoms with van der Waals surface area (Å²) in [5.74, 6) is -1.04. The number of carbonyl (C=O) groups excluding carboxylic acids is 1. The van der Waals surface area contributed by atoms with Crippen LogP contribution in [0.5, 0.6) is 11.5 Å². The molecule has 0 saturated heterocycles. The summed E-state index contributed by atoms with van der Waals surface area (Å²) in [7, 11) is 1.50. The van der Waals surface area contributed by atoms with Crippen LogP contribution in [0.15, 0.2) is 18.2 Å². The van der Waals surface area contributed by atoms with Crippen molar-refractivity contribution in [3.63, 3.8) is 0 Å². The van der Waals surface area contributed by atoms with Crippen molar-refractivity contribution in [3.05, 3.63) is 23.8 Å². The van der Waals surface area contributed by atoms with Crippen molar-refractivity contribution >= 4 is 5.91 Å². The highest BCUT2D eigenvalue weighted by atomic mass is 16.5. The molecule has 0 spiro atoms. The highest BCUT2D eigenvalue weighted by Gasteiger charge is 2.14. The van der Waals surface area contributed by atoms with E-state index in [1.807, 2.05) is 0 Å². The molecule has 0 aliphatic rings. The van der Waals surface area contributed by atoms with Crippen molar-refractivity contribution in [1.82, 2.24) is 5.32 Å². The molecule has 0 aromatic heterocycles. The second kappa shape index (κ2) is 6.83. The summed E-state index contributed by atoms with van der Waals surface area (Å²) < 4.78 is 4.92. The second-order valence-corrected chi connectivity index (χ2v) is 3.84. The van der Waals surface area contributed by atoms with Gasteiger partial charge in [0.1, 0.15) is 0 Å². The molecule has 1 unspecified atom stereocenters. The van der Waals surface area contributed by atoms with Crippen molar-refractivity contribution in [2.75, 3.05) is 20.3 Å². The first kappa shape index (κ1) is 14.3. The van der Waals surface area contributed by atoms with Gasteiger partial charge in [0.15, 0.2) is 11.5 Å². The monoisotopic (exact) mass is 255 g/mol. The largest absolute Gasteiger partial charge is 0.504 e. The zero-order valence-corrected chi connectivity index (χ0v) is 10.1. The SMILES string of the molecule is COCC(CCO)NC(=O)c1ccc(O)c(O)c1. The van der Waals surface area contributed by atoms with Crippen molar-refractivity contribution in [2.45, 2.75) is 12.5 Å². The minimum Gasteiger partial charge on any atom is -0.504 e. The predicted molar refractivity (Wildman–Crippen MR) is 64.6 cm³/mol. The lowest BCUT2D eigenvalue weighted by atomic mass is 10.1. The standard InChI is InChI=1S/C12H17NO5/c1-18-7-9(4-5-14)13-12(17)8-2-3-10(15)11(16)6-8/h2-3,6,9,14-16H,4-5,7H2,1H3,(H,13,17). The Morgan fingerprint density at radius 3 is 2.67 bits per heavy atom. The van der Waals surface area contributed by atoms with Crippen molar-refractivity contribution in [1.29, 1.82) is 0 Å². The van der Waals surface area contributed by atoms with Crippen LogP contribution in [0.4, 0.5) is 0 Å². The first-order chi connectivity index (χ1) is 8.58. The van der Waals surface area contributed by atoms with E-state index in [0.717, 1.165) is 0 Å². The Labute approximate surface area is 105 Å². The zero-order chi connectivity index (χ0) is 13.5. The molecule has 0 saturated carbocycles. The topological polar surface area (TPSA) is 99.0 Å². The van der Waals surface area contributed by atoms with Gasteiger partial charge in [-0.05, 0) is 24.6 Å². The second-order valence-electron chi connectivity index (χ2n) is 3.84. The number of phenols is 2. The number of phenolic OH excluding ortho intramolecular Hbond substituents is 2. The van der Waals surface area contributed by atoms with Crippen LogP contribution < -0.4 is 5.32 Å². The molecule has 0 radical (unpaired) electrons. The average Bonchev–Trinajstić information content (AvgIpc) is 2.33. The normalized spacial score (nSPS) is 12.1. The van der Waals surface area contributed by atoms with Gasteiger partial charge in [0, 0.05) is 19.3 Å². The Hall–Kier alpha value is -1.79. The minimum atomic E-state index is -0.402. The molecule has 1 rings (SSSR count). The third-order valence-electron chi connectivity index (χ3n) is 2.42. The molecule has 6 heteroatoms. The summed E-state index contributed by atoms with van der Waals surface area (Å²) in [5.41, 5.74) is 0.226. The maximum Gasteiger partial charge on any atom is 0.251 e. The lowest BCUT2D eigenvalue weighted by molar-refractivity contribution is 0.0878. The van der Waals surface area contributed by atoms with Gasteiger partial charge in [0.2, 0.25) is 0 Å². The number of hydrogen-bond acceptors (Lipinski definition) is 5. The van der Waals surface area contributed by atoms with Gasteiger partial charge in [-0.1, -0.05) is 0 Å². The Balaban J connectivity index is 2.70. The Morgan fingerprint density at radius 2 is 2.11 bits per heavy atom. The van der Waals surface area contributed by atoms with E-state index in [4.69, 9.17) is 14.9 Å². The molecule has 1 amide bonds. The van der Waals surface area contributed by atoms with Gasteiger partial charge in [-0.25, -0.2) is 0 Å². The van der Waals surface area contributed by atoms with Crippen molar-refractivity contribution < 1.29 is 24.9 Å². The predicted octanol–water partition coefficient (Wildman–Crippen LogP) is 0.225. The number of methoxy groups -OCH3 is 1. The van der Waals surface area contributed by atoms with Gasteiger partial charge >= 0.3 is 0 Å². The minimum absolute atomic E-state index is 0.0604. The molecule has 0 fully saturated rings. The smallest absolute Gasteiger partial charge is 0.251 e. The van der Waals surface area contributed by atoms with Crippen LogP contribution in [-0.2, 0) is 4.74 Å². The summed E-state index contributed by atoms with van der Waals surface area (Å²) in [5, 5.41) is 29.9. The first-order valence-corrected chi connectivity index (χ1v) is 5.51. The Bertz CT molecular complexity index is 401. The number of hydrogen-bond donors (Lipinski definition) is 4. The third kappa shape index (κ3) is 3.90. The highest BCUT2D eigenvalue weighted by molar-refractivity contribution is 5.95. The number of aromatic hydroxyl groups is 2. The zero-order valence-electron chi connectivity index (χ0n) is 10.1. The summed E-state index contributed by atoms with van der Waals surface area (Å²) in [6.07, 6.45) is 0.379. The fourth-order valence-electron chi connectivity index (χ4n) is 1.49. The van der Waals surface area contributed by atoms with E-state index in [1.165, 1.54) is 25.3 Å². The molecule has 1 atom stereocenters. The van der Waals surface area contributed by atoms with Crippen LogP contribution in [0.25, 0.3) is 0 Å². The average molecular weight is 255 g/mol. The Morgan fingerprint density at radius 1 is 1.39 bits per heavy atom. The van der Waals surface area contributed by atoms with Crippen molar-refractivity contribution in [3.8, 4) is 11.5 Å². The quantitative estimate of drug-likeness (QED) is 0.545. The van der Waals surface area contributed by atoms with Crippen molar-refractivity contribution in [2.24, 2.45) is 0 Å². The number of aliphatic hydroxyl groups is 1. The number of benzene rings is 1. The molecule has 100 valence electrons. The van der Waals surface area contributed by atoms with E-state index in [1.54, 1.807) is 0 Å². The van der Waals surface area contributed by atoms with Crippen LogP contribution in [-0.4, -0.2) is 47.6 Å². The third-order valence-corrected chi connectivity index (χ3v) is 2.42. The van der Waals surface area contributed by atoms with Gasteiger partial charge in [0.25, 0.3) is 5.91 Å². The molecule has 1 aromatic carbocycles. The summed E-state index contributed by atoms with van der Waals surface area (Å²) >= 11 is 0. The van der Waals surface area contributed by atoms with E-state index >= 15 is 0 Å².